The van der Waals surface area contributed by atoms with Crippen molar-refractivity contribution in [3.05, 3.63) is 29.8 Å². The highest BCUT2D eigenvalue weighted by molar-refractivity contribution is 7.80. The molecule has 0 bridgehead atoms. The fourth-order valence-electron chi connectivity index (χ4n) is 2.81. The van der Waals surface area contributed by atoms with Crippen molar-refractivity contribution in [1.82, 2.24) is 0 Å². The SMILES string of the molecule is CC1CCCC(Nc2ccccc2C(N)=S)C1C. The van der Waals surface area contributed by atoms with Gasteiger partial charge in [0.2, 0.25) is 0 Å². The van der Waals surface area contributed by atoms with Gasteiger partial charge >= 0.3 is 0 Å². The average Bonchev–Trinajstić information content (AvgIpc) is 2.35. The second-order valence-corrected chi connectivity index (χ2v) is 5.87. The molecule has 1 aliphatic carbocycles. The monoisotopic (exact) mass is 262 g/mol. The van der Waals surface area contributed by atoms with Gasteiger partial charge in [-0.2, -0.15) is 0 Å². The van der Waals surface area contributed by atoms with Crippen LogP contribution in [0.5, 0.6) is 0 Å². The number of nitrogens with one attached hydrogen (secondary N) is 1. The van der Waals surface area contributed by atoms with E-state index in [4.69, 9.17) is 18.0 Å². The Morgan fingerprint density at radius 3 is 2.72 bits per heavy atom. The molecule has 1 aromatic rings. The lowest BCUT2D eigenvalue weighted by Crippen LogP contribution is -2.35. The Morgan fingerprint density at radius 1 is 1.28 bits per heavy atom. The minimum atomic E-state index is 0.467. The third-order valence-electron chi connectivity index (χ3n) is 4.24. The summed E-state index contributed by atoms with van der Waals surface area (Å²) in [5, 5.41) is 3.64. The summed E-state index contributed by atoms with van der Waals surface area (Å²) < 4.78 is 0. The van der Waals surface area contributed by atoms with Gasteiger partial charge in [-0.1, -0.05) is 51.0 Å². The van der Waals surface area contributed by atoms with Crippen molar-refractivity contribution in [2.45, 2.75) is 39.2 Å². The Hall–Kier alpha value is -1.09. The second kappa shape index (κ2) is 5.70. The number of anilines is 1. The van der Waals surface area contributed by atoms with Crippen LogP contribution in [-0.4, -0.2) is 11.0 Å². The van der Waals surface area contributed by atoms with E-state index in [0.717, 1.165) is 17.2 Å². The maximum Gasteiger partial charge on any atom is 0.106 e. The highest BCUT2D eigenvalue weighted by atomic mass is 32.1. The molecule has 1 aromatic carbocycles. The van der Waals surface area contributed by atoms with Gasteiger partial charge < -0.3 is 11.1 Å². The lowest BCUT2D eigenvalue weighted by Gasteiger charge is -2.35. The molecule has 0 heterocycles. The number of thiocarbonyl (C=S) groups is 1. The molecule has 0 aliphatic heterocycles. The van der Waals surface area contributed by atoms with E-state index < -0.39 is 0 Å². The van der Waals surface area contributed by atoms with Crippen molar-refractivity contribution in [3.8, 4) is 0 Å². The van der Waals surface area contributed by atoms with Gasteiger partial charge in [0.25, 0.3) is 0 Å². The summed E-state index contributed by atoms with van der Waals surface area (Å²) in [5.41, 5.74) is 7.81. The van der Waals surface area contributed by atoms with Gasteiger partial charge in [-0.05, 0) is 30.4 Å². The highest BCUT2D eigenvalue weighted by Gasteiger charge is 2.27. The summed E-state index contributed by atoms with van der Waals surface area (Å²) in [6.07, 6.45) is 3.88. The van der Waals surface area contributed by atoms with Crippen molar-refractivity contribution in [2.75, 3.05) is 5.32 Å². The van der Waals surface area contributed by atoms with Gasteiger partial charge in [-0.3, -0.25) is 0 Å². The Kier molecular flexibility index (Phi) is 4.23. The molecule has 18 heavy (non-hydrogen) atoms. The zero-order chi connectivity index (χ0) is 13.1. The molecule has 0 amide bonds. The number of hydrogen-bond donors (Lipinski definition) is 2. The zero-order valence-electron chi connectivity index (χ0n) is 11.1. The molecular formula is C15H22N2S. The van der Waals surface area contributed by atoms with E-state index in [1.807, 2.05) is 18.2 Å². The quantitative estimate of drug-likeness (QED) is 0.818. The lowest BCUT2D eigenvalue weighted by molar-refractivity contribution is 0.253. The average molecular weight is 262 g/mol. The summed E-state index contributed by atoms with van der Waals surface area (Å²) in [6.45, 7) is 4.68. The lowest BCUT2D eigenvalue weighted by atomic mass is 9.78. The van der Waals surface area contributed by atoms with Crippen molar-refractivity contribution < 1.29 is 0 Å². The molecule has 0 aromatic heterocycles. The molecule has 1 fully saturated rings. The Balaban J connectivity index is 2.16. The van der Waals surface area contributed by atoms with E-state index in [1.54, 1.807) is 0 Å². The normalized spacial score (nSPS) is 27.8. The minimum absolute atomic E-state index is 0.467. The predicted octanol–water partition coefficient (Wildman–Crippen LogP) is 3.56. The molecule has 3 unspecified atom stereocenters. The zero-order valence-corrected chi connectivity index (χ0v) is 12.0. The van der Waals surface area contributed by atoms with Crippen LogP contribution < -0.4 is 11.1 Å². The maximum absolute atomic E-state index is 5.77. The second-order valence-electron chi connectivity index (χ2n) is 5.43. The van der Waals surface area contributed by atoms with Crippen LogP contribution in [-0.2, 0) is 0 Å². The molecule has 0 radical (unpaired) electrons. The molecular weight excluding hydrogens is 240 g/mol. The van der Waals surface area contributed by atoms with Gasteiger partial charge in [-0.25, -0.2) is 0 Å². The number of hydrogen-bond acceptors (Lipinski definition) is 2. The van der Waals surface area contributed by atoms with Gasteiger partial charge in [0.1, 0.15) is 4.99 Å². The van der Waals surface area contributed by atoms with E-state index in [-0.39, 0.29) is 0 Å². The summed E-state index contributed by atoms with van der Waals surface area (Å²) in [7, 11) is 0. The smallest absolute Gasteiger partial charge is 0.106 e. The van der Waals surface area contributed by atoms with Crippen LogP contribution in [0.25, 0.3) is 0 Å². The van der Waals surface area contributed by atoms with Crippen molar-refractivity contribution in [2.24, 2.45) is 17.6 Å². The van der Waals surface area contributed by atoms with Crippen LogP contribution in [0, 0.1) is 11.8 Å². The first kappa shape index (κ1) is 13.3. The van der Waals surface area contributed by atoms with Gasteiger partial charge in [0.05, 0.1) is 0 Å². The maximum atomic E-state index is 5.77. The molecule has 3 N–H and O–H groups in total. The number of para-hydroxylation sites is 1. The molecule has 1 saturated carbocycles. The Bertz CT molecular complexity index is 430. The number of benzene rings is 1. The third kappa shape index (κ3) is 2.83. The minimum Gasteiger partial charge on any atom is -0.389 e. The van der Waals surface area contributed by atoms with E-state index in [1.165, 1.54) is 19.3 Å². The largest absolute Gasteiger partial charge is 0.389 e. The molecule has 3 heteroatoms. The van der Waals surface area contributed by atoms with Crippen LogP contribution >= 0.6 is 12.2 Å². The van der Waals surface area contributed by atoms with Crippen LogP contribution in [0.1, 0.15) is 38.7 Å². The summed E-state index contributed by atoms with van der Waals surface area (Å²) in [5.74, 6) is 1.48. The van der Waals surface area contributed by atoms with Crippen molar-refractivity contribution >= 4 is 22.9 Å². The van der Waals surface area contributed by atoms with Crippen LogP contribution in [0.4, 0.5) is 5.69 Å². The molecule has 2 rings (SSSR count). The topological polar surface area (TPSA) is 38.0 Å². The molecule has 2 nitrogen and oxygen atoms in total. The molecule has 0 spiro atoms. The number of nitrogens with two attached hydrogens (primary N) is 1. The fraction of sp³-hybridized carbons (Fsp3) is 0.533. The Morgan fingerprint density at radius 2 is 2.00 bits per heavy atom. The van der Waals surface area contributed by atoms with Gasteiger partial charge in [0.15, 0.2) is 0 Å². The number of rotatable bonds is 3. The first-order chi connectivity index (χ1) is 8.59. The van der Waals surface area contributed by atoms with E-state index >= 15 is 0 Å². The van der Waals surface area contributed by atoms with Crippen molar-refractivity contribution in [3.63, 3.8) is 0 Å². The van der Waals surface area contributed by atoms with Crippen molar-refractivity contribution in [1.29, 1.82) is 0 Å². The van der Waals surface area contributed by atoms with E-state index in [0.29, 0.717) is 16.9 Å². The highest BCUT2D eigenvalue weighted by Crippen LogP contribution is 2.32. The Labute approximate surface area is 115 Å². The van der Waals surface area contributed by atoms with Gasteiger partial charge in [0, 0.05) is 17.3 Å². The molecule has 1 aliphatic rings. The van der Waals surface area contributed by atoms with E-state index in [2.05, 4.69) is 25.2 Å². The fourth-order valence-corrected chi connectivity index (χ4v) is 2.99. The first-order valence-corrected chi connectivity index (χ1v) is 7.15. The van der Waals surface area contributed by atoms with E-state index in [9.17, 15) is 0 Å². The third-order valence-corrected chi connectivity index (χ3v) is 4.46. The molecule has 3 atom stereocenters. The summed E-state index contributed by atoms with van der Waals surface area (Å²) in [6, 6.07) is 8.60. The summed E-state index contributed by atoms with van der Waals surface area (Å²) in [4.78, 5) is 0.467. The van der Waals surface area contributed by atoms with Crippen LogP contribution in [0.3, 0.4) is 0 Å². The summed E-state index contributed by atoms with van der Waals surface area (Å²) >= 11 is 5.11. The van der Waals surface area contributed by atoms with Crippen LogP contribution in [0.15, 0.2) is 24.3 Å². The van der Waals surface area contributed by atoms with Crippen LogP contribution in [0.2, 0.25) is 0 Å². The molecule has 98 valence electrons. The first-order valence-electron chi connectivity index (χ1n) is 6.75. The predicted molar refractivity (Wildman–Crippen MR) is 81.9 cm³/mol. The van der Waals surface area contributed by atoms with Gasteiger partial charge in [-0.15, -0.1) is 0 Å². The standard InChI is InChI=1S/C15H22N2S/c1-10-6-5-9-13(11(10)2)17-14-8-4-3-7-12(14)15(16)18/h3-4,7-8,10-11,13,17H,5-6,9H2,1-2H3,(H2,16,18). The molecule has 0 saturated heterocycles.